The zero-order valence-electron chi connectivity index (χ0n) is 7.20. The van der Waals surface area contributed by atoms with E-state index in [1.165, 1.54) is 6.92 Å². The van der Waals surface area contributed by atoms with Crippen LogP contribution in [0.5, 0.6) is 0 Å². The molecular weight excluding hydrogens is 154 g/mol. The van der Waals surface area contributed by atoms with Crippen molar-refractivity contribution in [2.45, 2.75) is 13.5 Å². The molecule has 0 saturated carbocycles. The summed E-state index contributed by atoms with van der Waals surface area (Å²) in [7, 11) is 1.60. The molecule has 0 aliphatic carbocycles. The summed E-state index contributed by atoms with van der Waals surface area (Å²) in [5, 5.41) is 0. The van der Waals surface area contributed by atoms with Gasteiger partial charge in [0.05, 0.1) is 12.3 Å². The Labute approximate surface area is 71.4 Å². The van der Waals surface area contributed by atoms with Crippen molar-refractivity contribution in [3.63, 3.8) is 0 Å². The van der Waals surface area contributed by atoms with Crippen LogP contribution in [0.4, 0.5) is 0 Å². The Morgan fingerprint density at radius 3 is 2.92 bits per heavy atom. The summed E-state index contributed by atoms with van der Waals surface area (Å²) in [5.41, 5.74) is 1.27. The van der Waals surface area contributed by atoms with Crippen LogP contribution in [0.25, 0.3) is 0 Å². The summed E-state index contributed by atoms with van der Waals surface area (Å²) in [6, 6.07) is 5.33. The Balaban J connectivity index is 2.88. The van der Waals surface area contributed by atoms with E-state index in [0.717, 1.165) is 5.69 Å². The number of hydrogen-bond donors (Lipinski definition) is 0. The van der Waals surface area contributed by atoms with Crippen LogP contribution in [0, 0.1) is 0 Å². The predicted octanol–water partition coefficient (Wildman–Crippen LogP) is 1.43. The minimum absolute atomic E-state index is 0.0204. The molecule has 1 aromatic heterocycles. The molecule has 64 valence electrons. The lowest BCUT2D eigenvalue weighted by molar-refractivity contribution is 0.101. The highest BCUT2D eigenvalue weighted by atomic mass is 16.5. The molecule has 0 bridgehead atoms. The fraction of sp³-hybridized carbons (Fsp3) is 0.333. The minimum Gasteiger partial charge on any atom is -0.378 e. The fourth-order valence-corrected chi connectivity index (χ4v) is 0.904. The predicted molar refractivity (Wildman–Crippen MR) is 45.0 cm³/mol. The molecule has 0 aliphatic rings. The van der Waals surface area contributed by atoms with Crippen molar-refractivity contribution >= 4 is 5.78 Å². The molecule has 0 fully saturated rings. The van der Waals surface area contributed by atoms with E-state index < -0.39 is 0 Å². The number of carbonyl (C=O) groups excluding carboxylic acids is 1. The number of hydrogen-bond acceptors (Lipinski definition) is 3. The molecule has 0 aromatic carbocycles. The van der Waals surface area contributed by atoms with Crippen molar-refractivity contribution in [3.05, 3.63) is 29.6 Å². The van der Waals surface area contributed by atoms with Crippen LogP contribution in [-0.4, -0.2) is 17.9 Å². The first-order valence-electron chi connectivity index (χ1n) is 3.70. The van der Waals surface area contributed by atoms with Gasteiger partial charge in [0.2, 0.25) is 0 Å². The first kappa shape index (κ1) is 8.87. The van der Waals surface area contributed by atoms with Crippen molar-refractivity contribution in [2.24, 2.45) is 0 Å². The number of aromatic nitrogens is 1. The van der Waals surface area contributed by atoms with Gasteiger partial charge in [-0.3, -0.25) is 4.79 Å². The smallest absolute Gasteiger partial charge is 0.178 e. The van der Waals surface area contributed by atoms with Crippen molar-refractivity contribution < 1.29 is 9.53 Å². The average molecular weight is 165 g/mol. The van der Waals surface area contributed by atoms with E-state index in [2.05, 4.69) is 4.98 Å². The van der Waals surface area contributed by atoms with Crippen LogP contribution >= 0.6 is 0 Å². The van der Waals surface area contributed by atoms with Gasteiger partial charge in [0.1, 0.15) is 5.69 Å². The maximum atomic E-state index is 10.9. The highest BCUT2D eigenvalue weighted by molar-refractivity contribution is 5.92. The number of pyridine rings is 1. The third-order valence-electron chi connectivity index (χ3n) is 1.46. The van der Waals surface area contributed by atoms with Crippen LogP contribution < -0.4 is 0 Å². The van der Waals surface area contributed by atoms with Gasteiger partial charge < -0.3 is 4.74 Å². The molecule has 0 aliphatic heterocycles. The van der Waals surface area contributed by atoms with Crippen LogP contribution in [0.3, 0.4) is 0 Å². The molecule has 0 atom stereocenters. The lowest BCUT2D eigenvalue weighted by Gasteiger charge is -1.99. The Morgan fingerprint density at radius 2 is 2.33 bits per heavy atom. The van der Waals surface area contributed by atoms with Gasteiger partial charge in [-0.15, -0.1) is 0 Å². The lowest BCUT2D eigenvalue weighted by Crippen LogP contribution is -2.00. The maximum Gasteiger partial charge on any atom is 0.178 e. The summed E-state index contributed by atoms with van der Waals surface area (Å²) in [6.07, 6.45) is 0. The quantitative estimate of drug-likeness (QED) is 0.636. The van der Waals surface area contributed by atoms with Crippen LogP contribution in [0.15, 0.2) is 18.2 Å². The molecule has 0 unspecified atom stereocenters. The van der Waals surface area contributed by atoms with Gasteiger partial charge in [0, 0.05) is 14.0 Å². The normalized spacial score (nSPS) is 9.83. The molecule has 0 N–H and O–H groups in total. The van der Waals surface area contributed by atoms with E-state index in [4.69, 9.17) is 4.74 Å². The van der Waals surface area contributed by atoms with E-state index in [1.54, 1.807) is 19.2 Å². The monoisotopic (exact) mass is 165 g/mol. The highest BCUT2D eigenvalue weighted by Crippen LogP contribution is 2.01. The molecule has 3 heteroatoms. The number of rotatable bonds is 3. The summed E-state index contributed by atoms with van der Waals surface area (Å²) < 4.78 is 4.89. The van der Waals surface area contributed by atoms with E-state index in [-0.39, 0.29) is 5.78 Å². The molecule has 12 heavy (non-hydrogen) atoms. The largest absolute Gasteiger partial charge is 0.378 e. The van der Waals surface area contributed by atoms with Crippen LogP contribution in [-0.2, 0) is 11.3 Å². The third kappa shape index (κ3) is 2.13. The molecule has 1 rings (SSSR count). The number of nitrogens with zero attached hydrogens (tertiary/aromatic N) is 1. The Morgan fingerprint density at radius 1 is 1.58 bits per heavy atom. The summed E-state index contributed by atoms with van der Waals surface area (Å²) in [6.45, 7) is 1.94. The van der Waals surface area contributed by atoms with Gasteiger partial charge in [-0.25, -0.2) is 4.98 Å². The van der Waals surface area contributed by atoms with Crippen molar-refractivity contribution in [1.82, 2.24) is 4.98 Å². The average Bonchev–Trinajstić information content (AvgIpc) is 2.05. The lowest BCUT2D eigenvalue weighted by atomic mass is 10.2. The highest BCUT2D eigenvalue weighted by Gasteiger charge is 2.00. The molecule has 0 amide bonds. The topological polar surface area (TPSA) is 39.2 Å². The molecular formula is C9H11NO2. The van der Waals surface area contributed by atoms with E-state index in [0.29, 0.717) is 12.3 Å². The molecule has 1 aromatic rings. The number of methoxy groups -OCH3 is 1. The number of ether oxygens (including phenoxy) is 1. The Bertz CT molecular complexity index is 284. The third-order valence-corrected chi connectivity index (χ3v) is 1.46. The van der Waals surface area contributed by atoms with Gasteiger partial charge in [-0.2, -0.15) is 0 Å². The molecule has 1 heterocycles. The van der Waals surface area contributed by atoms with Gasteiger partial charge in [-0.05, 0) is 12.1 Å². The number of carbonyl (C=O) groups is 1. The zero-order valence-corrected chi connectivity index (χ0v) is 7.20. The molecule has 0 saturated heterocycles. The molecule has 0 spiro atoms. The van der Waals surface area contributed by atoms with Gasteiger partial charge in [0.25, 0.3) is 0 Å². The fourth-order valence-electron chi connectivity index (χ4n) is 0.904. The summed E-state index contributed by atoms with van der Waals surface area (Å²) >= 11 is 0. The van der Waals surface area contributed by atoms with Crippen molar-refractivity contribution in [3.8, 4) is 0 Å². The minimum atomic E-state index is -0.0204. The van der Waals surface area contributed by atoms with Crippen molar-refractivity contribution in [1.29, 1.82) is 0 Å². The Hall–Kier alpha value is -1.22. The summed E-state index contributed by atoms with van der Waals surface area (Å²) in [4.78, 5) is 15.0. The first-order chi connectivity index (χ1) is 5.74. The molecule has 3 nitrogen and oxygen atoms in total. The SMILES string of the molecule is COCc1cccc(C(C)=O)n1. The van der Waals surface area contributed by atoms with E-state index >= 15 is 0 Å². The second kappa shape index (κ2) is 3.97. The van der Waals surface area contributed by atoms with E-state index in [9.17, 15) is 4.79 Å². The second-order valence-electron chi connectivity index (χ2n) is 2.50. The second-order valence-corrected chi connectivity index (χ2v) is 2.50. The van der Waals surface area contributed by atoms with Gasteiger partial charge in [0.15, 0.2) is 5.78 Å². The standard InChI is InChI=1S/C9H11NO2/c1-7(11)9-5-3-4-8(10-9)6-12-2/h3-5H,6H2,1-2H3. The molecule has 0 radical (unpaired) electrons. The Kier molecular flexibility index (Phi) is 2.94. The van der Waals surface area contributed by atoms with E-state index in [1.807, 2.05) is 6.07 Å². The number of ketones is 1. The zero-order chi connectivity index (χ0) is 8.97. The number of Topliss-reactive ketones (excluding diaryl/α,β-unsaturated/α-hetero) is 1. The first-order valence-corrected chi connectivity index (χ1v) is 3.70. The van der Waals surface area contributed by atoms with Crippen LogP contribution in [0.2, 0.25) is 0 Å². The summed E-state index contributed by atoms with van der Waals surface area (Å²) in [5.74, 6) is -0.0204. The van der Waals surface area contributed by atoms with Gasteiger partial charge >= 0.3 is 0 Å². The maximum absolute atomic E-state index is 10.9. The van der Waals surface area contributed by atoms with Crippen LogP contribution in [0.1, 0.15) is 23.1 Å². The van der Waals surface area contributed by atoms with Gasteiger partial charge in [-0.1, -0.05) is 6.07 Å². The van der Waals surface area contributed by atoms with Crippen molar-refractivity contribution in [2.75, 3.05) is 7.11 Å².